The van der Waals surface area contributed by atoms with Crippen molar-refractivity contribution in [2.24, 2.45) is 16.8 Å². The van der Waals surface area contributed by atoms with Crippen LogP contribution in [0.1, 0.15) is 34.3 Å². The number of benzene rings is 1. The second-order valence-corrected chi connectivity index (χ2v) is 8.22. The van der Waals surface area contributed by atoms with Crippen LogP contribution in [0.25, 0.3) is 0 Å². The molecule has 11 heteroatoms. The van der Waals surface area contributed by atoms with Crippen molar-refractivity contribution >= 4 is 53.1 Å². The van der Waals surface area contributed by atoms with Gasteiger partial charge in [0.2, 0.25) is 5.91 Å². The van der Waals surface area contributed by atoms with Crippen LogP contribution in [-0.4, -0.2) is 53.8 Å². The summed E-state index contributed by atoms with van der Waals surface area (Å²) >= 11 is 12.3. The monoisotopic (exact) mass is 497 g/mol. The fourth-order valence-corrected chi connectivity index (χ4v) is 4.02. The molecule has 2 aromatic rings. The zero-order valence-corrected chi connectivity index (χ0v) is 19.3. The van der Waals surface area contributed by atoms with Crippen LogP contribution >= 0.6 is 35.6 Å². The third-order valence-electron chi connectivity index (χ3n) is 5.24. The van der Waals surface area contributed by atoms with Crippen molar-refractivity contribution in [1.29, 1.82) is 0 Å². The quantitative estimate of drug-likeness (QED) is 0.659. The summed E-state index contributed by atoms with van der Waals surface area (Å²) in [6, 6.07) is 10.3. The molecule has 2 amide bonds. The van der Waals surface area contributed by atoms with Crippen LogP contribution in [0.3, 0.4) is 0 Å². The molecule has 0 spiro atoms. The maximum Gasteiger partial charge on any atom is 0.267 e. The molecule has 170 valence electrons. The van der Waals surface area contributed by atoms with Gasteiger partial charge >= 0.3 is 0 Å². The zero-order valence-electron chi connectivity index (χ0n) is 17.0. The molecule has 4 rings (SSSR count). The smallest absolute Gasteiger partial charge is 0.267 e. The summed E-state index contributed by atoms with van der Waals surface area (Å²) in [6.07, 6.45) is -0.165. The van der Waals surface area contributed by atoms with Gasteiger partial charge in [-0.2, -0.15) is 5.10 Å². The molecule has 32 heavy (non-hydrogen) atoms. The van der Waals surface area contributed by atoms with Crippen molar-refractivity contribution in [3.63, 3.8) is 0 Å². The number of hydrogen-bond donors (Lipinski definition) is 2. The fourth-order valence-electron chi connectivity index (χ4n) is 3.72. The Kier molecular flexibility index (Phi) is 8.08. The molecule has 1 saturated heterocycles. The SMILES string of the molecule is Cl.NC(=O)c1cccc(C2=NN(C[C@@H]3CNCCO[C@H]3c3ccc(Cl)c(Cl)c3)C(=O)C2)n1. The molecule has 3 heterocycles. The van der Waals surface area contributed by atoms with E-state index < -0.39 is 5.91 Å². The maximum absolute atomic E-state index is 12.7. The predicted molar refractivity (Wildman–Crippen MR) is 124 cm³/mol. The molecule has 1 aromatic heterocycles. The first-order chi connectivity index (χ1) is 14.9. The summed E-state index contributed by atoms with van der Waals surface area (Å²) in [5.74, 6) is -0.829. The van der Waals surface area contributed by atoms with Crippen molar-refractivity contribution in [2.45, 2.75) is 12.5 Å². The van der Waals surface area contributed by atoms with Gasteiger partial charge in [-0.05, 0) is 29.8 Å². The summed E-state index contributed by atoms with van der Waals surface area (Å²) in [7, 11) is 0. The molecule has 8 nitrogen and oxygen atoms in total. The number of carbonyl (C=O) groups excluding carboxylic acids is 2. The van der Waals surface area contributed by atoms with E-state index in [9.17, 15) is 9.59 Å². The number of carbonyl (C=O) groups is 2. The molecule has 0 aliphatic carbocycles. The molecule has 2 aliphatic heterocycles. The van der Waals surface area contributed by atoms with Crippen LogP contribution in [0.5, 0.6) is 0 Å². The molecule has 1 aromatic carbocycles. The number of nitrogens with zero attached hydrogens (tertiary/aromatic N) is 3. The Bertz CT molecular complexity index is 1050. The van der Waals surface area contributed by atoms with E-state index in [-0.39, 0.29) is 42.5 Å². The molecule has 2 atom stereocenters. The summed E-state index contributed by atoms with van der Waals surface area (Å²) in [4.78, 5) is 28.3. The Hall–Kier alpha value is -2.23. The normalized spacial score (nSPS) is 21.0. The topological polar surface area (TPSA) is 110 Å². The standard InChI is InChI=1S/C21H21Cl2N5O3.ClH/c22-14-5-4-12(8-15(14)23)20-13(10-25-6-7-31-20)11-28-19(29)9-18(27-28)16-2-1-3-17(26-16)21(24)30;/h1-5,8,13,20,25H,6-7,9-11H2,(H2,24,30);1H/t13-,20-;/m0./s1. The van der Waals surface area contributed by atoms with E-state index in [1.807, 2.05) is 6.07 Å². The van der Waals surface area contributed by atoms with Crippen molar-refractivity contribution in [1.82, 2.24) is 15.3 Å². The second-order valence-electron chi connectivity index (χ2n) is 7.40. The van der Waals surface area contributed by atoms with E-state index in [2.05, 4.69) is 15.4 Å². The number of ether oxygens (including phenoxy) is 1. The van der Waals surface area contributed by atoms with E-state index in [1.165, 1.54) is 11.1 Å². The third kappa shape index (κ3) is 5.39. The highest BCUT2D eigenvalue weighted by atomic mass is 35.5. The van der Waals surface area contributed by atoms with Gasteiger partial charge in [-0.25, -0.2) is 9.99 Å². The highest BCUT2D eigenvalue weighted by Gasteiger charge is 2.33. The predicted octanol–water partition coefficient (Wildman–Crippen LogP) is 2.82. The Morgan fingerprint density at radius 2 is 2.06 bits per heavy atom. The highest BCUT2D eigenvalue weighted by molar-refractivity contribution is 6.42. The summed E-state index contributed by atoms with van der Waals surface area (Å²) < 4.78 is 6.08. The van der Waals surface area contributed by atoms with Gasteiger partial charge in [0.05, 0.1) is 47.1 Å². The van der Waals surface area contributed by atoms with Crippen LogP contribution in [0.4, 0.5) is 0 Å². The number of primary amides is 1. The zero-order chi connectivity index (χ0) is 22.0. The number of nitrogens with two attached hydrogens (primary N) is 1. The maximum atomic E-state index is 12.7. The van der Waals surface area contributed by atoms with Crippen molar-refractivity contribution in [2.75, 3.05) is 26.2 Å². The number of pyridine rings is 1. The number of rotatable bonds is 5. The van der Waals surface area contributed by atoms with Gasteiger partial charge in [0.1, 0.15) is 5.69 Å². The molecule has 0 radical (unpaired) electrons. The first-order valence-corrected chi connectivity index (χ1v) is 10.6. The van der Waals surface area contributed by atoms with E-state index in [0.29, 0.717) is 47.7 Å². The lowest BCUT2D eigenvalue weighted by atomic mass is 9.95. The summed E-state index contributed by atoms with van der Waals surface area (Å²) in [5, 5.41) is 10.2. The summed E-state index contributed by atoms with van der Waals surface area (Å²) in [5.41, 5.74) is 7.30. The van der Waals surface area contributed by atoms with Gasteiger partial charge in [-0.3, -0.25) is 9.59 Å². The molecular weight excluding hydrogens is 477 g/mol. The van der Waals surface area contributed by atoms with Gasteiger partial charge in [-0.1, -0.05) is 35.3 Å². The van der Waals surface area contributed by atoms with Gasteiger partial charge in [0.25, 0.3) is 5.91 Å². The number of aromatic nitrogens is 1. The van der Waals surface area contributed by atoms with Gasteiger partial charge in [0.15, 0.2) is 0 Å². The van der Waals surface area contributed by atoms with Crippen molar-refractivity contribution < 1.29 is 14.3 Å². The van der Waals surface area contributed by atoms with Gasteiger partial charge < -0.3 is 15.8 Å². The van der Waals surface area contributed by atoms with Crippen LogP contribution in [-0.2, 0) is 9.53 Å². The Balaban J connectivity index is 0.00000289. The summed E-state index contributed by atoms with van der Waals surface area (Å²) in [6.45, 7) is 2.25. The number of nitrogens with one attached hydrogen (secondary N) is 1. The Morgan fingerprint density at radius 1 is 1.25 bits per heavy atom. The Labute approximate surface area is 201 Å². The van der Waals surface area contributed by atoms with Crippen LogP contribution in [0, 0.1) is 5.92 Å². The molecule has 3 N–H and O–H groups in total. The van der Waals surface area contributed by atoms with E-state index in [4.69, 9.17) is 33.7 Å². The van der Waals surface area contributed by atoms with E-state index in [0.717, 1.165) is 5.56 Å². The van der Waals surface area contributed by atoms with Crippen LogP contribution in [0.2, 0.25) is 10.0 Å². The molecule has 1 fully saturated rings. The molecular formula is C21H22Cl3N5O3. The highest BCUT2D eigenvalue weighted by Crippen LogP contribution is 2.33. The molecule has 2 aliphatic rings. The largest absolute Gasteiger partial charge is 0.372 e. The molecule has 0 bridgehead atoms. The minimum atomic E-state index is -0.630. The van der Waals surface area contributed by atoms with Crippen LogP contribution in [0.15, 0.2) is 41.5 Å². The van der Waals surface area contributed by atoms with Crippen LogP contribution < -0.4 is 11.1 Å². The molecule has 0 unspecified atom stereocenters. The lowest BCUT2D eigenvalue weighted by Crippen LogP contribution is -2.35. The lowest BCUT2D eigenvalue weighted by molar-refractivity contribution is -0.129. The number of halogens is 3. The van der Waals surface area contributed by atoms with Crippen molar-refractivity contribution in [3.8, 4) is 0 Å². The van der Waals surface area contributed by atoms with Gasteiger partial charge in [-0.15, -0.1) is 12.4 Å². The molecule has 0 saturated carbocycles. The minimum Gasteiger partial charge on any atom is -0.372 e. The number of hydrazone groups is 1. The fraction of sp³-hybridized carbons (Fsp3) is 0.333. The Morgan fingerprint density at radius 3 is 2.81 bits per heavy atom. The van der Waals surface area contributed by atoms with E-state index >= 15 is 0 Å². The minimum absolute atomic E-state index is 0. The number of amides is 2. The lowest BCUT2D eigenvalue weighted by Gasteiger charge is -2.27. The van der Waals surface area contributed by atoms with Crippen molar-refractivity contribution in [3.05, 3.63) is 63.4 Å². The average Bonchev–Trinajstić information content (AvgIpc) is 2.96. The third-order valence-corrected chi connectivity index (χ3v) is 5.97. The number of hydrogen-bond acceptors (Lipinski definition) is 6. The second kappa shape index (κ2) is 10.6. The van der Waals surface area contributed by atoms with E-state index in [1.54, 1.807) is 24.3 Å². The average molecular weight is 499 g/mol. The first kappa shape index (κ1) is 24.4. The first-order valence-electron chi connectivity index (χ1n) is 9.84. The van der Waals surface area contributed by atoms with Gasteiger partial charge in [0, 0.05) is 19.0 Å².